The summed E-state index contributed by atoms with van der Waals surface area (Å²) in [4.78, 5) is 11.8. The Morgan fingerprint density at radius 2 is 1.86 bits per heavy atom. The second kappa shape index (κ2) is 8.94. The fraction of sp³-hybridized carbons (Fsp3) is 0.250. The molecule has 0 radical (unpaired) electrons. The second-order valence-corrected chi connectivity index (χ2v) is 0.569. The molecule has 0 fully saturated rings. The van der Waals surface area contributed by atoms with E-state index in [9.17, 15) is 9.32 Å². The van der Waals surface area contributed by atoms with Crippen LogP contribution in [0.1, 0.15) is 6.92 Å². The van der Waals surface area contributed by atoms with Crippen molar-refractivity contribution in [3.63, 3.8) is 0 Å². The maximum atomic E-state index is 10.3. The van der Waals surface area contributed by atoms with Gasteiger partial charge in [0.2, 0.25) is 0 Å². The van der Waals surface area contributed by atoms with Crippen LogP contribution in [0.5, 0.6) is 0 Å². The zero-order chi connectivity index (χ0) is 6.28. The molecule has 3 heteroatoms. The zero-order valence-corrected chi connectivity index (χ0v) is 4.11. The van der Waals surface area contributed by atoms with Gasteiger partial charge in [0, 0.05) is 11.4 Å². The Balaban J connectivity index is 0. The first-order valence-electron chi connectivity index (χ1n) is 1.56. The fourth-order valence-electron chi connectivity index (χ4n) is 0. The lowest BCUT2D eigenvalue weighted by Crippen LogP contribution is -1.83. The number of carbonyl (C=O) groups is 1. The van der Waals surface area contributed by atoms with Crippen LogP contribution in [-0.2, 0) is 9.74 Å². The van der Waals surface area contributed by atoms with E-state index in [1.54, 1.807) is 0 Å². The first-order valence-corrected chi connectivity index (χ1v) is 1.56. The van der Waals surface area contributed by atoms with E-state index < -0.39 is 5.97 Å². The number of halogens is 1. The number of hydrogen-bond donors (Lipinski definition) is 0. The standard InChI is InChI=1S/C2H3FO2.C2H4/c1-2(4)5-3;1-2/h1H3;1-2H2. The van der Waals surface area contributed by atoms with Gasteiger partial charge in [0.25, 0.3) is 0 Å². The quantitative estimate of drug-likeness (QED) is 0.434. The van der Waals surface area contributed by atoms with Crippen molar-refractivity contribution >= 4 is 5.97 Å². The van der Waals surface area contributed by atoms with Crippen molar-refractivity contribution in [2.75, 3.05) is 0 Å². The lowest BCUT2D eigenvalue weighted by Gasteiger charge is -1.71. The Kier molecular flexibility index (Phi) is 12.1. The predicted molar refractivity (Wildman–Crippen MR) is 24.1 cm³/mol. The van der Waals surface area contributed by atoms with E-state index in [1.807, 2.05) is 0 Å². The molecule has 0 aliphatic carbocycles. The average molecular weight is 106 g/mol. The average Bonchev–Trinajstić information content (AvgIpc) is 1.73. The molecule has 0 saturated heterocycles. The summed E-state index contributed by atoms with van der Waals surface area (Å²) in [5.74, 6) is -0.912. The van der Waals surface area contributed by atoms with E-state index in [1.165, 1.54) is 0 Å². The highest BCUT2D eigenvalue weighted by molar-refractivity contribution is 5.64. The molecule has 0 rings (SSSR count). The normalized spacial score (nSPS) is 5.43. The van der Waals surface area contributed by atoms with Crippen LogP contribution in [0.25, 0.3) is 0 Å². The van der Waals surface area contributed by atoms with Crippen LogP contribution in [0.3, 0.4) is 0 Å². The summed E-state index contributed by atoms with van der Waals surface area (Å²) >= 11 is 0. The molecule has 0 aromatic carbocycles. The van der Waals surface area contributed by atoms with Gasteiger partial charge in [-0.2, -0.15) is 0 Å². The Morgan fingerprint density at radius 1 is 1.71 bits per heavy atom. The maximum absolute atomic E-state index is 10.3. The molecule has 0 spiro atoms. The van der Waals surface area contributed by atoms with Crippen LogP contribution in [0.2, 0.25) is 0 Å². The smallest absolute Gasteiger partial charge is 0.255 e. The van der Waals surface area contributed by atoms with Crippen molar-refractivity contribution in [2.24, 2.45) is 0 Å². The van der Waals surface area contributed by atoms with E-state index in [2.05, 4.69) is 18.1 Å². The van der Waals surface area contributed by atoms with E-state index in [4.69, 9.17) is 0 Å². The molecular weight excluding hydrogens is 99.0 g/mol. The Morgan fingerprint density at radius 3 is 1.86 bits per heavy atom. The van der Waals surface area contributed by atoms with Crippen LogP contribution in [-0.4, -0.2) is 5.97 Å². The molecule has 0 aromatic heterocycles. The highest BCUT2D eigenvalue weighted by Gasteiger charge is 1.81. The molecule has 0 N–H and O–H groups in total. The molecule has 0 bridgehead atoms. The number of hydrogen-bond acceptors (Lipinski definition) is 2. The summed E-state index contributed by atoms with van der Waals surface area (Å²) in [6.07, 6.45) is 0. The van der Waals surface area contributed by atoms with Gasteiger partial charge in [-0.05, 0) is 0 Å². The summed E-state index contributed by atoms with van der Waals surface area (Å²) in [6, 6.07) is 0. The van der Waals surface area contributed by atoms with Gasteiger partial charge in [0.15, 0.2) is 0 Å². The van der Waals surface area contributed by atoms with Crippen LogP contribution >= 0.6 is 0 Å². The van der Waals surface area contributed by atoms with E-state index in [0.717, 1.165) is 6.92 Å². The predicted octanol–water partition coefficient (Wildman–Crippen LogP) is 1.24. The lowest BCUT2D eigenvalue weighted by molar-refractivity contribution is -0.180. The molecule has 0 aliphatic rings. The minimum Gasteiger partial charge on any atom is -0.255 e. The zero-order valence-electron chi connectivity index (χ0n) is 4.11. The van der Waals surface area contributed by atoms with E-state index in [-0.39, 0.29) is 0 Å². The molecule has 0 amide bonds. The van der Waals surface area contributed by atoms with Gasteiger partial charge in [-0.25, -0.2) is 4.79 Å². The molecule has 0 heterocycles. The molecule has 42 valence electrons. The van der Waals surface area contributed by atoms with Crippen molar-refractivity contribution in [1.82, 2.24) is 0 Å². The van der Waals surface area contributed by atoms with Gasteiger partial charge < -0.3 is 0 Å². The molecule has 0 unspecified atom stereocenters. The minimum absolute atomic E-state index is 0.912. The monoisotopic (exact) mass is 106 g/mol. The third-order valence-electron chi connectivity index (χ3n) is 0.109. The molecular formula is C4H7FO2. The molecule has 0 aliphatic heterocycles. The third kappa shape index (κ3) is 39.0. The summed E-state index contributed by atoms with van der Waals surface area (Å²) in [7, 11) is 0. The Labute approximate surface area is 41.5 Å². The van der Waals surface area contributed by atoms with Crippen molar-refractivity contribution in [3.8, 4) is 0 Å². The van der Waals surface area contributed by atoms with Gasteiger partial charge in [-0.15, -0.1) is 13.2 Å². The molecule has 7 heavy (non-hydrogen) atoms. The summed E-state index contributed by atoms with van der Waals surface area (Å²) < 4.78 is 10.3. The third-order valence-corrected chi connectivity index (χ3v) is 0.109. The first-order chi connectivity index (χ1) is 3.27. The van der Waals surface area contributed by atoms with Gasteiger partial charge in [-0.1, -0.05) is 0 Å². The molecule has 0 atom stereocenters. The lowest BCUT2D eigenvalue weighted by atomic mass is 10.9. The first kappa shape index (κ1) is 9.46. The topological polar surface area (TPSA) is 26.3 Å². The van der Waals surface area contributed by atoms with Crippen molar-refractivity contribution in [3.05, 3.63) is 13.2 Å². The van der Waals surface area contributed by atoms with E-state index in [0.29, 0.717) is 0 Å². The molecule has 0 aromatic rings. The van der Waals surface area contributed by atoms with Crippen molar-refractivity contribution in [2.45, 2.75) is 6.92 Å². The van der Waals surface area contributed by atoms with Gasteiger partial charge >= 0.3 is 5.97 Å². The largest absolute Gasteiger partial charge is 0.345 e. The van der Waals surface area contributed by atoms with Gasteiger partial charge in [0.1, 0.15) is 0 Å². The number of carbonyl (C=O) groups excluding carboxylic acids is 1. The molecule has 0 saturated carbocycles. The summed E-state index contributed by atoms with van der Waals surface area (Å²) in [6.45, 7) is 6.99. The maximum Gasteiger partial charge on any atom is 0.345 e. The van der Waals surface area contributed by atoms with Crippen LogP contribution in [0, 0.1) is 0 Å². The van der Waals surface area contributed by atoms with Crippen LogP contribution < -0.4 is 0 Å². The van der Waals surface area contributed by atoms with Crippen LogP contribution in [0.4, 0.5) is 4.53 Å². The Bertz CT molecular complexity index is 53.7. The summed E-state index contributed by atoms with van der Waals surface area (Å²) in [5, 5.41) is 0. The number of rotatable bonds is 0. The molecule has 2 nitrogen and oxygen atoms in total. The second-order valence-electron chi connectivity index (χ2n) is 0.569. The van der Waals surface area contributed by atoms with Crippen molar-refractivity contribution in [1.29, 1.82) is 0 Å². The SMILES string of the molecule is C=C.CC(=O)OF. The Hall–Kier alpha value is -0.860. The minimum atomic E-state index is -0.912. The van der Waals surface area contributed by atoms with Gasteiger partial charge in [0.05, 0.1) is 0 Å². The van der Waals surface area contributed by atoms with Crippen LogP contribution in [0.15, 0.2) is 13.2 Å². The summed E-state index contributed by atoms with van der Waals surface area (Å²) in [5.41, 5.74) is 0. The van der Waals surface area contributed by atoms with Crippen molar-refractivity contribution < 1.29 is 14.3 Å². The van der Waals surface area contributed by atoms with E-state index >= 15 is 0 Å². The van der Waals surface area contributed by atoms with Gasteiger partial charge in [-0.3, -0.25) is 4.94 Å². The highest BCUT2D eigenvalue weighted by atomic mass is 19.3. The fourth-order valence-corrected chi connectivity index (χ4v) is 0. The highest BCUT2D eigenvalue weighted by Crippen LogP contribution is 1.69.